The van der Waals surface area contributed by atoms with E-state index in [1.54, 1.807) is 7.11 Å². The van der Waals surface area contributed by atoms with Gasteiger partial charge in [0.05, 0.1) is 35.0 Å². The Hall–Kier alpha value is -3.42. The van der Waals surface area contributed by atoms with Gasteiger partial charge in [0.2, 0.25) is 5.88 Å². The van der Waals surface area contributed by atoms with Crippen molar-refractivity contribution in [3.8, 4) is 17.3 Å². The Bertz CT molecular complexity index is 1200. The number of thiophene rings is 1. The number of para-hydroxylation sites is 1. The van der Waals surface area contributed by atoms with Crippen LogP contribution in [0.2, 0.25) is 0 Å². The number of ether oxygens (including phenoxy) is 2. The predicted octanol–water partition coefficient (Wildman–Crippen LogP) is 5.89. The van der Waals surface area contributed by atoms with Gasteiger partial charge in [-0.25, -0.2) is 4.68 Å². The first-order valence-corrected chi connectivity index (χ1v) is 12.2. The molecule has 2 aromatic carbocycles. The molecular weight excluding hydrogens is 446 g/mol. The van der Waals surface area contributed by atoms with Gasteiger partial charge in [-0.1, -0.05) is 48.9 Å². The fraction of sp³-hybridized carbons (Fsp3) is 0.259. The van der Waals surface area contributed by atoms with Crippen LogP contribution in [0.25, 0.3) is 5.69 Å². The van der Waals surface area contributed by atoms with Crippen LogP contribution in [0.15, 0.2) is 72.1 Å². The molecule has 34 heavy (non-hydrogen) atoms. The first kappa shape index (κ1) is 23.7. The maximum absolute atomic E-state index is 13.3. The number of hydrogen-bond donors (Lipinski definition) is 0. The van der Waals surface area contributed by atoms with E-state index in [4.69, 9.17) is 14.6 Å². The molecule has 0 aliphatic heterocycles. The average Bonchev–Trinajstić information content (AvgIpc) is 3.52. The average molecular weight is 476 g/mol. The summed E-state index contributed by atoms with van der Waals surface area (Å²) < 4.78 is 13.6. The van der Waals surface area contributed by atoms with Gasteiger partial charge in [0.25, 0.3) is 5.91 Å². The van der Waals surface area contributed by atoms with Crippen LogP contribution in [0.5, 0.6) is 11.6 Å². The largest absolute Gasteiger partial charge is 0.439 e. The third-order valence-corrected chi connectivity index (χ3v) is 6.38. The first-order chi connectivity index (χ1) is 16.6. The van der Waals surface area contributed by atoms with Crippen LogP contribution in [0.4, 0.5) is 0 Å². The number of methoxy groups -OCH3 is 1. The number of rotatable bonds is 10. The third-order valence-electron chi connectivity index (χ3n) is 5.52. The van der Waals surface area contributed by atoms with E-state index in [1.165, 1.54) is 11.3 Å². The zero-order valence-electron chi connectivity index (χ0n) is 19.7. The minimum absolute atomic E-state index is 0.0251. The highest BCUT2D eigenvalue weighted by Crippen LogP contribution is 2.33. The molecule has 0 saturated heterocycles. The van der Waals surface area contributed by atoms with Crippen LogP contribution in [0.3, 0.4) is 0 Å². The molecule has 0 atom stereocenters. The lowest BCUT2D eigenvalue weighted by Gasteiger charge is -2.22. The maximum atomic E-state index is 13.3. The quantitative estimate of drug-likeness (QED) is 0.287. The van der Waals surface area contributed by atoms with Crippen LogP contribution >= 0.6 is 11.3 Å². The number of benzene rings is 2. The van der Waals surface area contributed by atoms with Gasteiger partial charge in [-0.05, 0) is 49.1 Å². The van der Waals surface area contributed by atoms with Gasteiger partial charge in [0.1, 0.15) is 5.75 Å². The van der Waals surface area contributed by atoms with Crippen molar-refractivity contribution in [2.45, 2.75) is 26.8 Å². The standard InChI is InChI=1S/C27H29N3O3S/c1-4-24-23(19-29(16-17-32-3)26(31)25-11-8-18-34-25)27(33-22-14-12-20(2)13-15-22)30(28-24)21-9-6-5-7-10-21/h5-15,18H,4,16-17,19H2,1-3H3. The molecule has 0 fully saturated rings. The Morgan fingerprint density at radius 2 is 1.82 bits per heavy atom. The fourth-order valence-electron chi connectivity index (χ4n) is 3.69. The number of hydrogen-bond acceptors (Lipinski definition) is 5. The maximum Gasteiger partial charge on any atom is 0.264 e. The number of aryl methyl sites for hydroxylation is 2. The van der Waals surface area contributed by atoms with E-state index < -0.39 is 0 Å². The summed E-state index contributed by atoms with van der Waals surface area (Å²) in [7, 11) is 1.64. The predicted molar refractivity (Wildman–Crippen MR) is 135 cm³/mol. The minimum Gasteiger partial charge on any atom is -0.439 e. The van der Waals surface area contributed by atoms with Crippen LogP contribution in [-0.4, -0.2) is 40.8 Å². The summed E-state index contributed by atoms with van der Waals surface area (Å²) >= 11 is 1.44. The highest BCUT2D eigenvalue weighted by atomic mass is 32.1. The molecule has 0 N–H and O–H groups in total. The molecular formula is C27H29N3O3S. The second-order valence-corrected chi connectivity index (χ2v) is 8.89. The molecule has 0 aliphatic carbocycles. The monoisotopic (exact) mass is 475 g/mol. The number of aromatic nitrogens is 2. The zero-order valence-corrected chi connectivity index (χ0v) is 20.5. The van der Waals surface area contributed by atoms with E-state index in [9.17, 15) is 4.79 Å². The van der Waals surface area contributed by atoms with E-state index in [1.807, 2.05) is 88.6 Å². The normalized spacial score (nSPS) is 10.9. The molecule has 7 heteroatoms. The topological polar surface area (TPSA) is 56.6 Å². The lowest BCUT2D eigenvalue weighted by molar-refractivity contribution is 0.0683. The number of carbonyl (C=O) groups is 1. The van der Waals surface area contributed by atoms with Crippen LogP contribution in [0, 0.1) is 6.92 Å². The van der Waals surface area contributed by atoms with Crippen molar-refractivity contribution in [2.75, 3.05) is 20.3 Å². The van der Waals surface area contributed by atoms with Crippen molar-refractivity contribution >= 4 is 17.2 Å². The summed E-state index contributed by atoms with van der Waals surface area (Å²) in [5, 5.41) is 6.81. The second kappa shape index (κ2) is 11.1. The SMILES string of the molecule is CCc1nn(-c2ccccc2)c(Oc2ccc(C)cc2)c1CN(CCOC)C(=O)c1cccs1. The number of amides is 1. The first-order valence-electron chi connectivity index (χ1n) is 11.3. The van der Waals surface area contributed by atoms with Crippen LogP contribution in [0.1, 0.15) is 33.4 Å². The molecule has 0 aliphatic rings. The Labute approximate surface area is 204 Å². The molecule has 1 amide bonds. The molecule has 2 heterocycles. The summed E-state index contributed by atoms with van der Waals surface area (Å²) in [6.07, 6.45) is 0.713. The molecule has 4 rings (SSSR count). The number of carbonyl (C=O) groups excluding carboxylic acids is 1. The van der Waals surface area contributed by atoms with Gasteiger partial charge in [0.15, 0.2) is 0 Å². The Morgan fingerprint density at radius 3 is 2.47 bits per heavy atom. The van der Waals surface area contributed by atoms with Crippen molar-refractivity contribution in [1.82, 2.24) is 14.7 Å². The van der Waals surface area contributed by atoms with Crippen molar-refractivity contribution in [3.63, 3.8) is 0 Å². The lowest BCUT2D eigenvalue weighted by atomic mass is 10.1. The Kier molecular flexibility index (Phi) is 7.77. The molecule has 0 spiro atoms. The van der Waals surface area contributed by atoms with E-state index in [2.05, 4.69) is 6.92 Å². The summed E-state index contributed by atoms with van der Waals surface area (Å²) in [6.45, 7) is 5.40. The molecule has 4 aromatic rings. The van der Waals surface area contributed by atoms with Crippen molar-refractivity contribution < 1.29 is 14.3 Å². The van der Waals surface area contributed by atoms with Gasteiger partial charge in [-0.3, -0.25) is 4.79 Å². The second-order valence-electron chi connectivity index (χ2n) is 7.94. The Morgan fingerprint density at radius 1 is 1.06 bits per heavy atom. The molecule has 0 unspecified atom stereocenters. The van der Waals surface area contributed by atoms with Gasteiger partial charge in [-0.2, -0.15) is 5.10 Å². The van der Waals surface area contributed by atoms with E-state index in [0.29, 0.717) is 36.9 Å². The Balaban J connectivity index is 1.78. The summed E-state index contributed by atoms with van der Waals surface area (Å²) in [5.74, 6) is 1.32. The third kappa shape index (κ3) is 5.38. The van der Waals surface area contributed by atoms with Crippen molar-refractivity contribution in [3.05, 3.63) is 93.8 Å². The highest BCUT2D eigenvalue weighted by Gasteiger charge is 2.25. The zero-order chi connectivity index (χ0) is 23.9. The van der Waals surface area contributed by atoms with Crippen molar-refractivity contribution in [1.29, 1.82) is 0 Å². The van der Waals surface area contributed by atoms with Gasteiger partial charge in [-0.15, -0.1) is 11.3 Å². The van der Waals surface area contributed by atoms with Crippen molar-refractivity contribution in [2.24, 2.45) is 0 Å². The summed E-state index contributed by atoms with van der Waals surface area (Å²) in [6, 6.07) is 21.6. The highest BCUT2D eigenvalue weighted by molar-refractivity contribution is 7.12. The summed E-state index contributed by atoms with van der Waals surface area (Å²) in [5.41, 5.74) is 3.85. The fourth-order valence-corrected chi connectivity index (χ4v) is 4.38. The van der Waals surface area contributed by atoms with Gasteiger partial charge < -0.3 is 14.4 Å². The van der Waals surface area contributed by atoms with E-state index >= 15 is 0 Å². The van der Waals surface area contributed by atoms with Gasteiger partial charge >= 0.3 is 0 Å². The molecule has 176 valence electrons. The lowest BCUT2D eigenvalue weighted by Crippen LogP contribution is -2.33. The molecule has 2 aromatic heterocycles. The molecule has 6 nitrogen and oxygen atoms in total. The van der Waals surface area contributed by atoms with Crippen LogP contribution < -0.4 is 4.74 Å². The smallest absolute Gasteiger partial charge is 0.264 e. The number of nitrogens with zero attached hydrogens (tertiary/aromatic N) is 3. The minimum atomic E-state index is -0.0251. The molecule has 0 saturated carbocycles. The summed E-state index contributed by atoms with van der Waals surface area (Å²) in [4.78, 5) is 15.8. The van der Waals surface area contributed by atoms with Crippen LogP contribution in [-0.2, 0) is 17.7 Å². The van der Waals surface area contributed by atoms with E-state index in [-0.39, 0.29) is 5.91 Å². The molecule has 0 bridgehead atoms. The van der Waals surface area contributed by atoms with Gasteiger partial charge in [0, 0.05) is 13.7 Å². The van der Waals surface area contributed by atoms with E-state index in [0.717, 1.165) is 28.3 Å². The molecule has 0 radical (unpaired) electrons.